The van der Waals surface area contributed by atoms with Crippen molar-refractivity contribution in [3.63, 3.8) is 0 Å². The van der Waals surface area contributed by atoms with E-state index in [2.05, 4.69) is 4.98 Å². The molecule has 0 saturated carbocycles. The van der Waals surface area contributed by atoms with Crippen LogP contribution in [0.25, 0.3) is 11.1 Å². The normalized spacial score (nSPS) is 17.9. The van der Waals surface area contributed by atoms with Gasteiger partial charge in [0, 0.05) is 23.5 Å². The highest BCUT2D eigenvalue weighted by Crippen LogP contribution is 2.28. The van der Waals surface area contributed by atoms with E-state index >= 15 is 0 Å². The van der Waals surface area contributed by atoms with Gasteiger partial charge in [-0.3, -0.25) is 9.88 Å². The number of hydrogen-bond acceptors (Lipinski definition) is 3. The molecule has 4 nitrogen and oxygen atoms in total. The molecule has 0 radical (unpaired) electrons. The van der Waals surface area contributed by atoms with Crippen molar-refractivity contribution in [2.24, 2.45) is 0 Å². The van der Waals surface area contributed by atoms with E-state index in [1.165, 1.54) is 11.0 Å². The molecule has 1 saturated heterocycles. The van der Waals surface area contributed by atoms with Gasteiger partial charge in [0.15, 0.2) is 0 Å². The van der Waals surface area contributed by atoms with E-state index in [1.54, 1.807) is 36.7 Å². The Balaban J connectivity index is 1.90. The summed E-state index contributed by atoms with van der Waals surface area (Å²) in [6, 6.07) is 8.30. The molecule has 0 spiro atoms. The van der Waals surface area contributed by atoms with Crippen molar-refractivity contribution in [2.75, 3.05) is 11.4 Å². The zero-order chi connectivity index (χ0) is 14.8. The molecule has 1 unspecified atom stereocenters. The summed E-state index contributed by atoms with van der Waals surface area (Å²) in [5.74, 6) is -0.381. The molecule has 3 rings (SSSR count). The van der Waals surface area contributed by atoms with Crippen LogP contribution in [0.15, 0.2) is 42.7 Å². The number of carbonyl (C=O) groups excluding carboxylic acids is 1. The number of rotatable bonds is 3. The topological polar surface area (TPSA) is 42.4 Å². The summed E-state index contributed by atoms with van der Waals surface area (Å²) < 4.78 is 19.5. The molecule has 5 heteroatoms. The number of ether oxygens (including phenoxy) is 1. The number of nitrogens with zero attached hydrogens (tertiary/aromatic N) is 2. The highest BCUT2D eigenvalue weighted by molar-refractivity contribution is 5.90. The van der Waals surface area contributed by atoms with Crippen LogP contribution in [0.4, 0.5) is 14.9 Å². The average Bonchev–Trinajstić information content (AvgIpc) is 2.89. The van der Waals surface area contributed by atoms with E-state index < -0.39 is 6.09 Å². The van der Waals surface area contributed by atoms with Crippen LogP contribution in [0.3, 0.4) is 0 Å². The predicted molar refractivity (Wildman–Crippen MR) is 77.5 cm³/mol. The van der Waals surface area contributed by atoms with Gasteiger partial charge in [0.1, 0.15) is 11.9 Å². The van der Waals surface area contributed by atoms with Crippen molar-refractivity contribution in [1.29, 1.82) is 0 Å². The lowest BCUT2D eigenvalue weighted by Gasteiger charge is -2.14. The second-order valence-corrected chi connectivity index (χ2v) is 4.93. The lowest BCUT2D eigenvalue weighted by molar-refractivity contribution is 0.139. The van der Waals surface area contributed by atoms with Crippen LogP contribution in [-0.4, -0.2) is 23.7 Å². The lowest BCUT2D eigenvalue weighted by Crippen LogP contribution is -2.24. The van der Waals surface area contributed by atoms with Crippen LogP contribution in [-0.2, 0) is 4.74 Å². The Morgan fingerprint density at radius 3 is 2.90 bits per heavy atom. The summed E-state index contributed by atoms with van der Waals surface area (Å²) in [6.45, 7) is 2.41. The van der Waals surface area contributed by atoms with E-state index in [0.717, 1.165) is 6.42 Å². The van der Waals surface area contributed by atoms with E-state index in [0.29, 0.717) is 23.4 Å². The van der Waals surface area contributed by atoms with Gasteiger partial charge in [-0.2, -0.15) is 0 Å². The van der Waals surface area contributed by atoms with Crippen molar-refractivity contribution in [1.82, 2.24) is 4.98 Å². The zero-order valence-electron chi connectivity index (χ0n) is 11.6. The van der Waals surface area contributed by atoms with Gasteiger partial charge in [-0.1, -0.05) is 13.0 Å². The molecular formula is C16H15FN2O2. The first-order valence-electron chi connectivity index (χ1n) is 6.87. The number of pyridine rings is 1. The fourth-order valence-corrected chi connectivity index (χ4v) is 2.37. The summed E-state index contributed by atoms with van der Waals surface area (Å²) in [5.41, 5.74) is 1.68. The Morgan fingerprint density at radius 2 is 2.29 bits per heavy atom. The highest BCUT2D eigenvalue weighted by Gasteiger charge is 2.31. The number of halogens is 1. The third kappa shape index (κ3) is 2.59. The molecule has 0 aliphatic carbocycles. The van der Waals surface area contributed by atoms with Crippen LogP contribution >= 0.6 is 0 Å². The molecule has 1 atom stereocenters. The van der Waals surface area contributed by atoms with Gasteiger partial charge in [-0.15, -0.1) is 0 Å². The lowest BCUT2D eigenvalue weighted by atomic mass is 10.1. The summed E-state index contributed by atoms with van der Waals surface area (Å²) >= 11 is 0. The van der Waals surface area contributed by atoms with Crippen LogP contribution in [0, 0.1) is 5.82 Å². The molecule has 21 heavy (non-hydrogen) atoms. The number of carbonyl (C=O) groups is 1. The summed E-state index contributed by atoms with van der Waals surface area (Å²) in [7, 11) is 0. The molecular weight excluding hydrogens is 271 g/mol. The third-order valence-corrected chi connectivity index (χ3v) is 3.57. The van der Waals surface area contributed by atoms with Gasteiger partial charge in [0.05, 0.1) is 12.2 Å². The molecule has 1 aliphatic heterocycles. The Bertz CT molecular complexity index is 661. The van der Waals surface area contributed by atoms with Gasteiger partial charge < -0.3 is 4.74 Å². The van der Waals surface area contributed by atoms with Crippen LogP contribution in [0.1, 0.15) is 13.3 Å². The second-order valence-electron chi connectivity index (χ2n) is 4.93. The van der Waals surface area contributed by atoms with E-state index in [4.69, 9.17) is 4.74 Å². The predicted octanol–water partition coefficient (Wildman–Crippen LogP) is 3.62. The number of cyclic esters (lactones) is 1. The maximum Gasteiger partial charge on any atom is 0.414 e. The molecule has 1 aliphatic rings. The Kier molecular flexibility index (Phi) is 3.56. The Morgan fingerprint density at radius 1 is 1.43 bits per heavy atom. The fraction of sp³-hybridized carbons (Fsp3) is 0.250. The van der Waals surface area contributed by atoms with Crippen molar-refractivity contribution < 1.29 is 13.9 Å². The molecule has 1 fully saturated rings. The SMILES string of the molecule is CCC1CN(c2ccc(-c3cccnc3)c(F)c2)C(=O)O1. The largest absolute Gasteiger partial charge is 0.444 e. The van der Waals surface area contributed by atoms with Crippen LogP contribution in [0.5, 0.6) is 0 Å². The minimum absolute atomic E-state index is 0.126. The minimum atomic E-state index is -0.421. The van der Waals surface area contributed by atoms with Gasteiger partial charge in [0.25, 0.3) is 0 Å². The maximum absolute atomic E-state index is 14.3. The first-order valence-corrected chi connectivity index (χ1v) is 6.87. The highest BCUT2D eigenvalue weighted by atomic mass is 19.1. The van der Waals surface area contributed by atoms with Gasteiger partial charge in [-0.25, -0.2) is 9.18 Å². The first-order chi connectivity index (χ1) is 10.2. The third-order valence-electron chi connectivity index (χ3n) is 3.57. The molecule has 0 N–H and O–H groups in total. The van der Waals surface area contributed by atoms with Crippen LogP contribution < -0.4 is 4.90 Å². The van der Waals surface area contributed by atoms with Crippen LogP contribution in [0.2, 0.25) is 0 Å². The van der Waals surface area contributed by atoms with Gasteiger partial charge in [-0.05, 0) is 30.7 Å². The number of anilines is 1. The number of amides is 1. The fourth-order valence-electron chi connectivity index (χ4n) is 2.37. The Labute approximate surface area is 122 Å². The molecule has 2 heterocycles. The molecule has 1 aromatic carbocycles. The van der Waals surface area contributed by atoms with E-state index in [-0.39, 0.29) is 11.9 Å². The standard InChI is InChI=1S/C16H15FN2O2/c1-2-13-10-19(16(20)21-13)12-5-6-14(15(17)8-12)11-4-3-7-18-9-11/h3-9,13H,2,10H2,1H3. The van der Waals surface area contributed by atoms with E-state index in [9.17, 15) is 9.18 Å². The molecule has 1 amide bonds. The molecule has 108 valence electrons. The maximum atomic E-state index is 14.3. The van der Waals surface area contributed by atoms with E-state index in [1.807, 2.05) is 6.92 Å². The minimum Gasteiger partial charge on any atom is -0.444 e. The van der Waals surface area contributed by atoms with Crippen molar-refractivity contribution in [3.8, 4) is 11.1 Å². The van der Waals surface area contributed by atoms with Crippen molar-refractivity contribution in [2.45, 2.75) is 19.4 Å². The zero-order valence-corrected chi connectivity index (χ0v) is 11.6. The quantitative estimate of drug-likeness (QED) is 0.865. The Hall–Kier alpha value is -2.43. The van der Waals surface area contributed by atoms with Crippen molar-refractivity contribution >= 4 is 11.8 Å². The summed E-state index contributed by atoms with van der Waals surface area (Å²) in [5, 5.41) is 0. The molecule has 1 aromatic heterocycles. The van der Waals surface area contributed by atoms with Crippen molar-refractivity contribution in [3.05, 3.63) is 48.5 Å². The smallest absolute Gasteiger partial charge is 0.414 e. The molecule has 0 bridgehead atoms. The summed E-state index contributed by atoms with van der Waals surface area (Å²) in [6.07, 6.45) is 3.45. The van der Waals surface area contributed by atoms with Gasteiger partial charge >= 0.3 is 6.09 Å². The average molecular weight is 286 g/mol. The number of hydrogen-bond donors (Lipinski definition) is 0. The number of benzene rings is 1. The first kappa shape index (κ1) is 13.5. The van der Waals surface area contributed by atoms with Gasteiger partial charge in [0.2, 0.25) is 0 Å². The monoisotopic (exact) mass is 286 g/mol. The summed E-state index contributed by atoms with van der Waals surface area (Å²) in [4.78, 5) is 17.2. The number of aromatic nitrogens is 1. The molecule has 2 aromatic rings. The second kappa shape index (κ2) is 5.52.